The van der Waals surface area contributed by atoms with Crippen molar-refractivity contribution >= 4 is 0 Å². The molecule has 0 amide bonds. The summed E-state index contributed by atoms with van der Waals surface area (Å²) in [4.78, 5) is 2.42. The van der Waals surface area contributed by atoms with E-state index in [1.807, 2.05) is 30.3 Å². The van der Waals surface area contributed by atoms with Crippen molar-refractivity contribution in [3.8, 4) is 11.5 Å². The predicted octanol–water partition coefficient (Wildman–Crippen LogP) is 3.54. The molecule has 0 aromatic heterocycles. The fourth-order valence-corrected chi connectivity index (χ4v) is 2.83. The molecule has 0 radical (unpaired) electrons. The minimum atomic E-state index is 0.620. The predicted molar refractivity (Wildman–Crippen MR) is 94.8 cm³/mol. The summed E-state index contributed by atoms with van der Waals surface area (Å²) in [5, 5.41) is 0. The average Bonchev–Trinajstić information content (AvgIpc) is 2.58. The first-order valence-corrected chi connectivity index (χ1v) is 8.47. The summed E-state index contributed by atoms with van der Waals surface area (Å²) in [6, 6.07) is 18.3. The Morgan fingerprint density at radius 1 is 0.875 bits per heavy atom. The number of ether oxygens (including phenoxy) is 3. The molecule has 1 heterocycles. The number of nitrogens with zero attached hydrogens (tertiary/aromatic N) is 1. The summed E-state index contributed by atoms with van der Waals surface area (Å²) in [5.41, 5.74) is 1.38. The molecule has 1 saturated heterocycles. The molecule has 4 nitrogen and oxygen atoms in total. The first-order chi connectivity index (χ1) is 11.8. The van der Waals surface area contributed by atoms with Gasteiger partial charge in [0.15, 0.2) is 0 Å². The maximum Gasteiger partial charge on any atom is 0.127 e. The van der Waals surface area contributed by atoms with Crippen LogP contribution in [-0.4, -0.2) is 51.5 Å². The van der Waals surface area contributed by atoms with Gasteiger partial charge in [-0.2, -0.15) is 0 Å². The minimum Gasteiger partial charge on any atom is -0.457 e. The van der Waals surface area contributed by atoms with Crippen LogP contribution in [0.4, 0.5) is 0 Å². The molecule has 0 spiro atoms. The maximum absolute atomic E-state index is 5.83. The molecule has 2 aromatic rings. The van der Waals surface area contributed by atoms with E-state index in [9.17, 15) is 0 Å². The van der Waals surface area contributed by atoms with Gasteiger partial charge >= 0.3 is 0 Å². The Bertz CT molecular complexity index is 594. The van der Waals surface area contributed by atoms with Gasteiger partial charge in [0.2, 0.25) is 0 Å². The molecular formula is C20H25NO3. The van der Waals surface area contributed by atoms with Crippen molar-refractivity contribution < 1.29 is 14.2 Å². The van der Waals surface area contributed by atoms with Crippen LogP contribution in [0.5, 0.6) is 11.5 Å². The van der Waals surface area contributed by atoms with E-state index in [-0.39, 0.29) is 0 Å². The molecule has 0 saturated carbocycles. The van der Waals surface area contributed by atoms with Crippen LogP contribution in [0.15, 0.2) is 54.6 Å². The van der Waals surface area contributed by atoms with Gasteiger partial charge in [0.05, 0.1) is 19.8 Å². The van der Waals surface area contributed by atoms with Crippen LogP contribution in [0.2, 0.25) is 0 Å². The topological polar surface area (TPSA) is 30.9 Å². The molecule has 1 aliphatic heterocycles. The quantitative estimate of drug-likeness (QED) is 0.659. The Morgan fingerprint density at radius 2 is 1.58 bits per heavy atom. The first-order valence-electron chi connectivity index (χ1n) is 8.47. The zero-order chi connectivity index (χ0) is 16.6. The molecule has 0 aliphatic carbocycles. The fourth-order valence-electron chi connectivity index (χ4n) is 2.83. The molecule has 24 heavy (non-hydrogen) atoms. The SMILES string of the molecule is COCCOCCN1CC(c2ccc(Oc3ccccc3)cc2)C1. The lowest BCUT2D eigenvalue weighted by Gasteiger charge is -2.39. The van der Waals surface area contributed by atoms with E-state index in [0.717, 1.165) is 37.7 Å². The third-order valence-corrected chi connectivity index (χ3v) is 4.27. The Labute approximate surface area is 144 Å². The molecule has 2 aromatic carbocycles. The third kappa shape index (κ3) is 4.81. The molecule has 0 atom stereocenters. The van der Waals surface area contributed by atoms with Crippen molar-refractivity contribution in [3.05, 3.63) is 60.2 Å². The van der Waals surface area contributed by atoms with E-state index in [2.05, 4.69) is 29.2 Å². The van der Waals surface area contributed by atoms with E-state index < -0.39 is 0 Å². The number of rotatable bonds is 9. The van der Waals surface area contributed by atoms with Gasteiger partial charge in [0.1, 0.15) is 11.5 Å². The van der Waals surface area contributed by atoms with E-state index in [1.165, 1.54) is 5.56 Å². The summed E-state index contributed by atoms with van der Waals surface area (Å²) in [7, 11) is 1.69. The second kappa shape index (κ2) is 8.83. The van der Waals surface area contributed by atoms with E-state index in [1.54, 1.807) is 7.11 Å². The normalized spacial score (nSPS) is 15.2. The van der Waals surface area contributed by atoms with Crippen molar-refractivity contribution in [2.75, 3.05) is 46.6 Å². The van der Waals surface area contributed by atoms with Crippen LogP contribution in [0.1, 0.15) is 11.5 Å². The van der Waals surface area contributed by atoms with Crippen LogP contribution >= 0.6 is 0 Å². The maximum atomic E-state index is 5.83. The molecule has 3 rings (SSSR count). The number of likely N-dealkylation sites (tertiary alicyclic amines) is 1. The largest absolute Gasteiger partial charge is 0.457 e. The van der Waals surface area contributed by atoms with Gasteiger partial charge in [-0.25, -0.2) is 0 Å². The average molecular weight is 327 g/mol. The van der Waals surface area contributed by atoms with Gasteiger partial charge in [-0.1, -0.05) is 30.3 Å². The first kappa shape index (κ1) is 17.0. The van der Waals surface area contributed by atoms with Gasteiger partial charge in [0, 0.05) is 32.7 Å². The van der Waals surface area contributed by atoms with Crippen LogP contribution in [0, 0.1) is 0 Å². The van der Waals surface area contributed by atoms with Gasteiger partial charge in [-0.3, -0.25) is 4.90 Å². The molecule has 4 heteroatoms. The van der Waals surface area contributed by atoms with Crippen molar-refractivity contribution in [1.82, 2.24) is 4.90 Å². The second-order valence-electron chi connectivity index (χ2n) is 6.05. The Morgan fingerprint density at radius 3 is 2.29 bits per heavy atom. The molecule has 0 bridgehead atoms. The Hall–Kier alpha value is -1.88. The molecule has 1 fully saturated rings. The monoisotopic (exact) mass is 327 g/mol. The van der Waals surface area contributed by atoms with E-state index in [0.29, 0.717) is 19.1 Å². The molecular weight excluding hydrogens is 302 g/mol. The summed E-state index contributed by atoms with van der Waals surface area (Å²) in [5.74, 6) is 2.37. The van der Waals surface area contributed by atoms with Gasteiger partial charge in [-0.05, 0) is 29.8 Å². The van der Waals surface area contributed by atoms with Crippen LogP contribution in [0.3, 0.4) is 0 Å². The van der Waals surface area contributed by atoms with Gasteiger partial charge < -0.3 is 14.2 Å². The van der Waals surface area contributed by atoms with Crippen molar-refractivity contribution in [1.29, 1.82) is 0 Å². The molecule has 0 N–H and O–H groups in total. The minimum absolute atomic E-state index is 0.620. The molecule has 1 aliphatic rings. The highest BCUT2D eigenvalue weighted by Gasteiger charge is 2.27. The summed E-state index contributed by atoms with van der Waals surface area (Å²) >= 11 is 0. The Balaban J connectivity index is 1.39. The zero-order valence-electron chi connectivity index (χ0n) is 14.2. The number of hydrogen-bond acceptors (Lipinski definition) is 4. The van der Waals surface area contributed by atoms with Crippen LogP contribution in [0.25, 0.3) is 0 Å². The fraction of sp³-hybridized carbons (Fsp3) is 0.400. The number of hydrogen-bond donors (Lipinski definition) is 0. The summed E-state index contributed by atoms with van der Waals surface area (Å²) in [6.07, 6.45) is 0. The number of benzene rings is 2. The standard InChI is InChI=1S/C20H25NO3/c1-22-13-14-23-12-11-21-15-18(16-21)17-7-9-20(10-8-17)24-19-5-3-2-4-6-19/h2-10,18H,11-16H2,1H3. The highest BCUT2D eigenvalue weighted by molar-refractivity contribution is 5.34. The lowest BCUT2D eigenvalue weighted by Crippen LogP contribution is -2.46. The highest BCUT2D eigenvalue weighted by Crippen LogP contribution is 2.29. The highest BCUT2D eigenvalue weighted by atomic mass is 16.5. The second-order valence-corrected chi connectivity index (χ2v) is 6.05. The number of para-hydroxylation sites is 1. The lowest BCUT2D eigenvalue weighted by molar-refractivity contribution is 0.0410. The molecule has 128 valence electrons. The van der Waals surface area contributed by atoms with Crippen LogP contribution < -0.4 is 4.74 Å². The van der Waals surface area contributed by atoms with Gasteiger partial charge in [-0.15, -0.1) is 0 Å². The lowest BCUT2D eigenvalue weighted by atomic mass is 9.91. The zero-order valence-corrected chi connectivity index (χ0v) is 14.2. The van der Waals surface area contributed by atoms with Crippen molar-refractivity contribution in [2.45, 2.75) is 5.92 Å². The van der Waals surface area contributed by atoms with E-state index in [4.69, 9.17) is 14.2 Å². The summed E-state index contributed by atoms with van der Waals surface area (Å²) < 4.78 is 16.3. The summed E-state index contributed by atoms with van der Waals surface area (Å²) in [6.45, 7) is 5.32. The number of methoxy groups -OCH3 is 1. The smallest absolute Gasteiger partial charge is 0.127 e. The van der Waals surface area contributed by atoms with Crippen molar-refractivity contribution in [3.63, 3.8) is 0 Å². The van der Waals surface area contributed by atoms with E-state index >= 15 is 0 Å². The third-order valence-electron chi connectivity index (χ3n) is 4.27. The van der Waals surface area contributed by atoms with Crippen molar-refractivity contribution in [2.24, 2.45) is 0 Å². The van der Waals surface area contributed by atoms with Gasteiger partial charge in [0.25, 0.3) is 0 Å². The van der Waals surface area contributed by atoms with Crippen LogP contribution in [-0.2, 0) is 9.47 Å². The Kier molecular flexibility index (Phi) is 6.24. The molecule has 0 unspecified atom stereocenters.